The molecule has 2 aliphatic heterocycles. The molecular weight excluding hydrogens is 142 g/mol. The lowest BCUT2D eigenvalue weighted by Gasteiger charge is -2.20. The topological polar surface area (TPSA) is 30.5 Å². The zero-order chi connectivity index (χ0) is 7.73. The second-order valence-corrected chi connectivity index (χ2v) is 3.48. The minimum Gasteiger partial charge on any atom is -0.379 e. The van der Waals surface area contributed by atoms with E-state index in [0.29, 0.717) is 6.10 Å². The predicted molar refractivity (Wildman–Crippen MR) is 41.6 cm³/mol. The largest absolute Gasteiger partial charge is 0.379 e. The zero-order valence-corrected chi connectivity index (χ0v) is 6.93. The first kappa shape index (κ1) is 7.53. The van der Waals surface area contributed by atoms with E-state index in [1.807, 2.05) is 0 Å². The Hall–Kier alpha value is -0.120. The molecule has 0 aromatic carbocycles. The van der Waals surface area contributed by atoms with Crippen LogP contribution in [0.5, 0.6) is 0 Å². The van der Waals surface area contributed by atoms with Gasteiger partial charge < -0.3 is 14.8 Å². The van der Waals surface area contributed by atoms with Crippen molar-refractivity contribution in [2.45, 2.75) is 24.5 Å². The molecule has 3 heteroatoms. The average molecular weight is 157 g/mol. The molecule has 0 bridgehead atoms. The van der Waals surface area contributed by atoms with Gasteiger partial charge in [-0.1, -0.05) is 0 Å². The molecule has 2 rings (SSSR count). The number of nitrogens with one attached hydrogen (secondary N) is 1. The molecule has 1 N–H and O–H groups in total. The van der Waals surface area contributed by atoms with Crippen molar-refractivity contribution in [2.24, 2.45) is 0 Å². The van der Waals surface area contributed by atoms with Crippen molar-refractivity contribution < 1.29 is 9.47 Å². The highest BCUT2D eigenvalue weighted by atomic mass is 16.6. The number of ether oxygens (including phenoxy) is 2. The van der Waals surface area contributed by atoms with Crippen LogP contribution in [0.25, 0.3) is 0 Å². The van der Waals surface area contributed by atoms with Crippen molar-refractivity contribution in [1.29, 1.82) is 0 Å². The SMILES string of the molecule is CO[C@@H]1CO[C@]2(CCNC2)C1. The molecule has 0 amide bonds. The van der Waals surface area contributed by atoms with Gasteiger partial charge in [-0.25, -0.2) is 0 Å². The lowest BCUT2D eigenvalue weighted by atomic mass is 9.98. The lowest BCUT2D eigenvalue weighted by Crippen LogP contribution is -2.30. The lowest BCUT2D eigenvalue weighted by molar-refractivity contribution is 0.0142. The predicted octanol–water partition coefficient (Wildman–Crippen LogP) is 0.154. The Morgan fingerprint density at radius 2 is 2.55 bits per heavy atom. The second-order valence-electron chi connectivity index (χ2n) is 3.48. The fourth-order valence-electron chi connectivity index (χ4n) is 1.97. The van der Waals surface area contributed by atoms with E-state index in [-0.39, 0.29) is 5.60 Å². The van der Waals surface area contributed by atoms with Crippen LogP contribution in [0.3, 0.4) is 0 Å². The summed E-state index contributed by atoms with van der Waals surface area (Å²) < 4.78 is 11.0. The Kier molecular flexibility index (Phi) is 1.87. The summed E-state index contributed by atoms with van der Waals surface area (Å²) >= 11 is 0. The van der Waals surface area contributed by atoms with Gasteiger partial charge in [0.25, 0.3) is 0 Å². The van der Waals surface area contributed by atoms with Crippen molar-refractivity contribution in [3.8, 4) is 0 Å². The van der Waals surface area contributed by atoms with E-state index in [4.69, 9.17) is 9.47 Å². The Morgan fingerprint density at radius 1 is 1.64 bits per heavy atom. The van der Waals surface area contributed by atoms with Gasteiger partial charge >= 0.3 is 0 Å². The third-order valence-electron chi connectivity index (χ3n) is 2.71. The molecule has 2 atom stereocenters. The van der Waals surface area contributed by atoms with Gasteiger partial charge in [-0.2, -0.15) is 0 Å². The molecule has 0 aromatic rings. The molecule has 64 valence electrons. The van der Waals surface area contributed by atoms with E-state index in [1.54, 1.807) is 7.11 Å². The standard InChI is InChI=1S/C8H15NO2/c1-10-7-4-8(11-5-7)2-3-9-6-8/h7,9H,2-6H2,1H3/t7-,8+/m0/s1. The van der Waals surface area contributed by atoms with Gasteiger partial charge in [0.2, 0.25) is 0 Å². The molecule has 1 spiro atoms. The van der Waals surface area contributed by atoms with E-state index in [2.05, 4.69) is 5.32 Å². The molecule has 0 aromatic heterocycles. The van der Waals surface area contributed by atoms with Gasteiger partial charge in [0, 0.05) is 20.1 Å². The van der Waals surface area contributed by atoms with Gasteiger partial charge in [0.1, 0.15) is 0 Å². The first-order valence-electron chi connectivity index (χ1n) is 4.22. The van der Waals surface area contributed by atoms with Gasteiger partial charge in [-0.15, -0.1) is 0 Å². The first-order valence-corrected chi connectivity index (χ1v) is 4.22. The Balaban J connectivity index is 1.96. The Morgan fingerprint density at radius 3 is 3.09 bits per heavy atom. The third-order valence-corrected chi connectivity index (χ3v) is 2.71. The summed E-state index contributed by atoms with van der Waals surface area (Å²) in [5, 5.41) is 3.32. The maximum absolute atomic E-state index is 5.72. The summed E-state index contributed by atoms with van der Waals surface area (Å²) in [6, 6.07) is 0. The normalized spacial score (nSPS) is 43.9. The van der Waals surface area contributed by atoms with Crippen molar-refractivity contribution in [1.82, 2.24) is 5.32 Å². The van der Waals surface area contributed by atoms with Crippen LogP contribution in [-0.4, -0.2) is 38.5 Å². The summed E-state index contributed by atoms with van der Waals surface area (Å²) in [7, 11) is 1.76. The molecule has 2 heterocycles. The average Bonchev–Trinajstić information content (AvgIpc) is 2.62. The van der Waals surface area contributed by atoms with Crippen LogP contribution in [0.15, 0.2) is 0 Å². The monoisotopic (exact) mass is 157 g/mol. The van der Waals surface area contributed by atoms with Crippen molar-refractivity contribution >= 4 is 0 Å². The third kappa shape index (κ3) is 1.28. The van der Waals surface area contributed by atoms with E-state index < -0.39 is 0 Å². The van der Waals surface area contributed by atoms with Crippen LogP contribution in [0.4, 0.5) is 0 Å². The molecule has 0 unspecified atom stereocenters. The van der Waals surface area contributed by atoms with Gasteiger partial charge in [0.15, 0.2) is 0 Å². The summed E-state index contributed by atoms with van der Waals surface area (Å²) in [5.74, 6) is 0. The molecular formula is C8H15NO2. The smallest absolute Gasteiger partial charge is 0.0845 e. The summed E-state index contributed by atoms with van der Waals surface area (Å²) in [5.41, 5.74) is 0.126. The maximum atomic E-state index is 5.72. The van der Waals surface area contributed by atoms with Crippen LogP contribution in [0.1, 0.15) is 12.8 Å². The number of rotatable bonds is 1. The van der Waals surface area contributed by atoms with Crippen LogP contribution in [0.2, 0.25) is 0 Å². The molecule has 3 nitrogen and oxygen atoms in total. The van der Waals surface area contributed by atoms with Gasteiger partial charge in [-0.05, 0) is 13.0 Å². The fraction of sp³-hybridized carbons (Fsp3) is 1.00. The van der Waals surface area contributed by atoms with E-state index >= 15 is 0 Å². The highest BCUT2D eigenvalue weighted by Gasteiger charge is 2.42. The molecule has 11 heavy (non-hydrogen) atoms. The minimum absolute atomic E-state index is 0.126. The first-order chi connectivity index (χ1) is 5.35. The Labute approximate surface area is 67.1 Å². The molecule has 2 fully saturated rings. The zero-order valence-electron chi connectivity index (χ0n) is 6.93. The van der Waals surface area contributed by atoms with E-state index in [9.17, 15) is 0 Å². The van der Waals surface area contributed by atoms with Crippen LogP contribution >= 0.6 is 0 Å². The molecule has 2 saturated heterocycles. The van der Waals surface area contributed by atoms with Crippen molar-refractivity contribution in [3.05, 3.63) is 0 Å². The molecule has 2 aliphatic rings. The number of hydrogen-bond donors (Lipinski definition) is 1. The summed E-state index contributed by atoms with van der Waals surface area (Å²) in [6.07, 6.45) is 2.54. The minimum atomic E-state index is 0.126. The summed E-state index contributed by atoms with van der Waals surface area (Å²) in [4.78, 5) is 0. The maximum Gasteiger partial charge on any atom is 0.0845 e. The number of hydrogen-bond acceptors (Lipinski definition) is 3. The van der Waals surface area contributed by atoms with Crippen LogP contribution < -0.4 is 5.32 Å². The van der Waals surface area contributed by atoms with E-state index in [0.717, 1.165) is 32.5 Å². The molecule has 0 radical (unpaired) electrons. The van der Waals surface area contributed by atoms with E-state index in [1.165, 1.54) is 0 Å². The second kappa shape index (κ2) is 2.73. The van der Waals surface area contributed by atoms with Crippen molar-refractivity contribution in [2.75, 3.05) is 26.8 Å². The fourth-order valence-corrected chi connectivity index (χ4v) is 1.97. The molecule has 0 saturated carbocycles. The van der Waals surface area contributed by atoms with Gasteiger partial charge in [-0.3, -0.25) is 0 Å². The summed E-state index contributed by atoms with van der Waals surface area (Å²) in [6.45, 7) is 2.88. The quantitative estimate of drug-likeness (QED) is 0.588. The highest BCUT2D eigenvalue weighted by molar-refractivity contribution is 4.96. The molecule has 0 aliphatic carbocycles. The number of methoxy groups -OCH3 is 1. The van der Waals surface area contributed by atoms with Gasteiger partial charge in [0.05, 0.1) is 18.3 Å². The van der Waals surface area contributed by atoms with Crippen molar-refractivity contribution in [3.63, 3.8) is 0 Å². The Bertz CT molecular complexity index is 143. The highest BCUT2D eigenvalue weighted by Crippen LogP contribution is 2.32. The van der Waals surface area contributed by atoms with Crippen LogP contribution in [-0.2, 0) is 9.47 Å². The van der Waals surface area contributed by atoms with Crippen LogP contribution in [0, 0.1) is 0 Å².